The van der Waals surface area contributed by atoms with E-state index in [0.717, 1.165) is 11.1 Å². The van der Waals surface area contributed by atoms with Gasteiger partial charge in [0.25, 0.3) is 0 Å². The van der Waals surface area contributed by atoms with Crippen molar-refractivity contribution in [2.24, 2.45) is 0 Å². The Kier molecular flexibility index (Phi) is 2.37. The van der Waals surface area contributed by atoms with Crippen LogP contribution in [0.15, 0.2) is 40.9 Å². The summed E-state index contributed by atoms with van der Waals surface area (Å²) in [6.07, 6.45) is 1.66. The second-order valence-corrected chi connectivity index (χ2v) is 3.81. The molecular formula is C13H11N3O2. The minimum absolute atomic E-state index is 0.473. The van der Waals surface area contributed by atoms with E-state index >= 15 is 0 Å². The third-order valence-corrected chi connectivity index (χ3v) is 2.61. The molecule has 0 radical (unpaired) electrons. The molecule has 0 fully saturated rings. The number of nitrogens with zero attached hydrogens (tertiary/aromatic N) is 2. The van der Waals surface area contributed by atoms with Gasteiger partial charge in [0.05, 0.1) is 12.7 Å². The van der Waals surface area contributed by atoms with Gasteiger partial charge in [0.15, 0.2) is 5.58 Å². The van der Waals surface area contributed by atoms with E-state index in [1.54, 1.807) is 37.6 Å². The van der Waals surface area contributed by atoms with E-state index in [2.05, 4.69) is 9.97 Å². The zero-order chi connectivity index (χ0) is 12.5. The first-order valence-electron chi connectivity index (χ1n) is 5.43. The lowest BCUT2D eigenvalue weighted by Crippen LogP contribution is -1.90. The molecule has 0 aliphatic carbocycles. The number of oxazole rings is 1. The van der Waals surface area contributed by atoms with Gasteiger partial charge in [-0.15, -0.1) is 0 Å². The van der Waals surface area contributed by atoms with Crippen LogP contribution in [0.1, 0.15) is 0 Å². The number of anilines is 1. The first kappa shape index (κ1) is 10.6. The van der Waals surface area contributed by atoms with Crippen LogP contribution in [0, 0.1) is 0 Å². The normalized spacial score (nSPS) is 10.7. The number of benzene rings is 1. The quantitative estimate of drug-likeness (QED) is 0.697. The lowest BCUT2D eigenvalue weighted by atomic mass is 10.2. The molecule has 0 unspecified atom stereocenters. The minimum Gasteiger partial charge on any atom is -0.480 e. The van der Waals surface area contributed by atoms with E-state index in [4.69, 9.17) is 14.9 Å². The maximum atomic E-state index is 5.71. The average molecular weight is 241 g/mol. The van der Waals surface area contributed by atoms with E-state index in [-0.39, 0.29) is 0 Å². The van der Waals surface area contributed by atoms with E-state index in [9.17, 15) is 0 Å². The number of methoxy groups -OCH3 is 1. The number of pyridine rings is 1. The van der Waals surface area contributed by atoms with Crippen molar-refractivity contribution in [3.05, 3.63) is 36.5 Å². The van der Waals surface area contributed by atoms with Gasteiger partial charge < -0.3 is 14.9 Å². The maximum Gasteiger partial charge on any atom is 0.232 e. The molecule has 0 aliphatic rings. The lowest BCUT2D eigenvalue weighted by molar-refractivity contribution is 0.398. The number of hydrogen-bond acceptors (Lipinski definition) is 5. The smallest absolute Gasteiger partial charge is 0.232 e. The Labute approximate surface area is 103 Å². The highest BCUT2D eigenvalue weighted by atomic mass is 16.5. The Morgan fingerprint density at radius 2 is 2.17 bits per heavy atom. The Morgan fingerprint density at radius 1 is 1.28 bits per heavy atom. The fraction of sp³-hybridized carbons (Fsp3) is 0.0769. The van der Waals surface area contributed by atoms with Gasteiger partial charge >= 0.3 is 0 Å². The van der Waals surface area contributed by atoms with Crippen molar-refractivity contribution in [2.75, 3.05) is 12.8 Å². The monoisotopic (exact) mass is 241 g/mol. The molecule has 90 valence electrons. The van der Waals surface area contributed by atoms with Gasteiger partial charge in [-0.25, -0.2) is 9.97 Å². The van der Waals surface area contributed by atoms with Gasteiger partial charge in [0.2, 0.25) is 11.8 Å². The number of ether oxygens (including phenoxy) is 1. The van der Waals surface area contributed by atoms with Crippen molar-refractivity contribution in [1.29, 1.82) is 0 Å². The highest BCUT2D eigenvalue weighted by molar-refractivity contribution is 5.80. The topological polar surface area (TPSA) is 74.2 Å². The van der Waals surface area contributed by atoms with E-state index in [1.165, 1.54) is 0 Å². The van der Waals surface area contributed by atoms with Crippen molar-refractivity contribution >= 4 is 16.8 Å². The summed E-state index contributed by atoms with van der Waals surface area (Å²) in [5, 5.41) is 0. The summed E-state index contributed by atoms with van der Waals surface area (Å²) >= 11 is 0. The fourth-order valence-corrected chi connectivity index (χ4v) is 1.78. The molecule has 3 rings (SSSR count). The van der Waals surface area contributed by atoms with Gasteiger partial charge in [0.1, 0.15) is 5.52 Å². The molecule has 0 atom stereocenters. The summed E-state index contributed by atoms with van der Waals surface area (Å²) in [6.45, 7) is 0. The summed E-state index contributed by atoms with van der Waals surface area (Å²) in [6, 6.07) is 8.99. The van der Waals surface area contributed by atoms with Crippen LogP contribution in [0.25, 0.3) is 22.6 Å². The summed E-state index contributed by atoms with van der Waals surface area (Å²) in [5.74, 6) is 0.956. The zero-order valence-corrected chi connectivity index (χ0v) is 9.75. The maximum absolute atomic E-state index is 5.71. The lowest BCUT2D eigenvalue weighted by Gasteiger charge is -2.01. The van der Waals surface area contributed by atoms with Crippen LogP contribution in [-0.2, 0) is 0 Å². The van der Waals surface area contributed by atoms with Crippen LogP contribution in [0.4, 0.5) is 5.69 Å². The first-order valence-corrected chi connectivity index (χ1v) is 5.43. The highest BCUT2D eigenvalue weighted by Gasteiger charge is 2.13. The molecule has 5 nitrogen and oxygen atoms in total. The Morgan fingerprint density at radius 3 is 3.00 bits per heavy atom. The minimum atomic E-state index is 0.473. The molecule has 0 bridgehead atoms. The standard InChI is InChI=1S/C13H11N3O2/c1-17-12-9(3-2-6-15-12)13-16-10-7-8(14)4-5-11(10)18-13/h2-7H,14H2,1H3. The molecule has 3 aromatic rings. The van der Waals surface area contributed by atoms with E-state index in [1.807, 2.05) is 6.07 Å². The molecule has 2 N–H and O–H groups in total. The molecule has 5 heteroatoms. The molecule has 0 spiro atoms. The van der Waals surface area contributed by atoms with Crippen LogP contribution < -0.4 is 10.5 Å². The Hall–Kier alpha value is -2.56. The van der Waals surface area contributed by atoms with Gasteiger partial charge in [-0.05, 0) is 30.3 Å². The number of nitrogen functional groups attached to an aromatic ring is 1. The van der Waals surface area contributed by atoms with Crippen molar-refractivity contribution < 1.29 is 9.15 Å². The summed E-state index contributed by atoms with van der Waals surface area (Å²) in [7, 11) is 1.56. The molecule has 0 amide bonds. The Bertz CT molecular complexity index is 706. The van der Waals surface area contributed by atoms with Crippen LogP contribution in [0.5, 0.6) is 5.88 Å². The predicted molar refractivity (Wildman–Crippen MR) is 68.2 cm³/mol. The second-order valence-electron chi connectivity index (χ2n) is 3.81. The fourth-order valence-electron chi connectivity index (χ4n) is 1.78. The van der Waals surface area contributed by atoms with Crippen LogP contribution >= 0.6 is 0 Å². The third kappa shape index (κ3) is 1.66. The second kappa shape index (κ2) is 4.03. The van der Waals surface area contributed by atoms with Crippen molar-refractivity contribution in [1.82, 2.24) is 9.97 Å². The Balaban J connectivity index is 2.19. The van der Waals surface area contributed by atoms with Gasteiger partial charge in [-0.1, -0.05) is 0 Å². The average Bonchev–Trinajstić information content (AvgIpc) is 2.81. The number of hydrogen-bond donors (Lipinski definition) is 1. The van der Waals surface area contributed by atoms with Gasteiger partial charge in [-0.3, -0.25) is 0 Å². The molecule has 2 heterocycles. The van der Waals surface area contributed by atoms with Gasteiger partial charge in [-0.2, -0.15) is 0 Å². The molecule has 0 saturated carbocycles. The van der Waals surface area contributed by atoms with Crippen LogP contribution in [0.2, 0.25) is 0 Å². The van der Waals surface area contributed by atoms with Crippen molar-refractivity contribution in [3.63, 3.8) is 0 Å². The number of aromatic nitrogens is 2. The number of rotatable bonds is 2. The largest absolute Gasteiger partial charge is 0.480 e. The van der Waals surface area contributed by atoms with E-state index < -0.39 is 0 Å². The SMILES string of the molecule is COc1ncccc1-c1nc2cc(N)ccc2o1. The summed E-state index contributed by atoms with van der Waals surface area (Å²) < 4.78 is 10.8. The van der Waals surface area contributed by atoms with Crippen LogP contribution in [0.3, 0.4) is 0 Å². The zero-order valence-electron chi connectivity index (χ0n) is 9.75. The number of nitrogens with two attached hydrogens (primary N) is 1. The predicted octanol–water partition coefficient (Wildman–Crippen LogP) is 2.48. The molecule has 0 aliphatic heterocycles. The first-order chi connectivity index (χ1) is 8.78. The molecular weight excluding hydrogens is 230 g/mol. The van der Waals surface area contributed by atoms with Gasteiger partial charge in [0, 0.05) is 11.9 Å². The third-order valence-electron chi connectivity index (χ3n) is 2.61. The molecule has 0 saturated heterocycles. The number of fused-ring (bicyclic) bond motifs is 1. The molecule has 1 aromatic carbocycles. The van der Waals surface area contributed by atoms with Crippen LogP contribution in [-0.4, -0.2) is 17.1 Å². The highest BCUT2D eigenvalue weighted by Crippen LogP contribution is 2.30. The summed E-state index contributed by atoms with van der Waals surface area (Å²) in [5.41, 5.74) is 8.48. The van der Waals surface area contributed by atoms with Crippen molar-refractivity contribution in [2.45, 2.75) is 0 Å². The molecule has 18 heavy (non-hydrogen) atoms. The molecule has 2 aromatic heterocycles. The summed E-state index contributed by atoms with van der Waals surface area (Å²) in [4.78, 5) is 8.50. The van der Waals surface area contributed by atoms with E-state index in [0.29, 0.717) is 23.0 Å². The van der Waals surface area contributed by atoms with Crippen molar-refractivity contribution in [3.8, 4) is 17.3 Å².